The van der Waals surface area contributed by atoms with Crippen LogP contribution in [0.25, 0.3) is 0 Å². The van der Waals surface area contributed by atoms with Crippen LogP contribution in [0.15, 0.2) is 24.3 Å². The number of hydrogen-bond donors (Lipinski definition) is 2. The predicted octanol–water partition coefficient (Wildman–Crippen LogP) is 1.89. The number of hydrogen-bond acceptors (Lipinski definition) is 2. The minimum Gasteiger partial charge on any atom is -0.350 e. The lowest BCUT2D eigenvalue weighted by atomic mass is 10.0. The Labute approximate surface area is 97.0 Å². The number of carbonyl (C=O) groups is 1. The van der Waals surface area contributed by atoms with Crippen molar-refractivity contribution >= 4 is 5.91 Å². The number of amides is 1. The summed E-state index contributed by atoms with van der Waals surface area (Å²) >= 11 is 0. The van der Waals surface area contributed by atoms with E-state index in [1.807, 2.05) is 31.2 Å². The van der Waals surface area contributed by atoms with Crippen LogP contribution in [0.1, 0.15) is 42.6 Å². The van der Waals surface area contributed by atoms with Crippen LogP contribution >= 0.6 is 0 Å². The Morgan fingerprint density at radius 1 is 1.25 bits per heavy atom. The van der Waals surface area contributed by atoms with Gasteiger partial charge in [-0.15, -0.1) is 0 Å². The Hall–Kier alpha value is -1.35. The van der Waals surface area contributed by atoms with Gasteiger partial charge in [-0.25, -0.2) is 0 Å². The molecule has 0 aromatic heterocycles. The number of carbonyl (C=O) groups excluding carboxylic acids is 1. The van der Waals surface area contributed by atoms with Gasteiger partial charge < -0.3 is 11.1 Å². The third-order valence-corrected chi connectivity index (χ3v) is 2.42. The summed E-state index contributed by atoms with van der Waals surface area (Å²) in [4.78, 5) is 11.7. The zero-order valence-electron chi connectivity index (χ0n) is 10.2. The SMILES string of the molecule is CC(N)CNC(=O)c1ccc(C(C)C)cc1. The van der Waals surface area contributed by atoms with Crippen LogP contribution in [0.4, 0.5) is 0 Å². The number of benzene rings is 1. The first-order chi connectivity index (χ1) is 7.50. The van der Waals surface area contributed by atoms with Gasteiger partial charge in [0.15, 0.2) is 0 Å². The molecule has 0 aliphatic heterocycles. The van der Waals surface area contributed by atoms with Crippen LogP contribution in [0, 0.1) is 0 Å². The van der Waals surface area contributed by atoms with Gasteiger partial charge >= 0.3 is 0 Å². The van der Waals surface area contributed by atoms with Gasteiger partial charge in [-0.05, 0) is 30.5 Å². The summed E-state index contributed by atoms with van der Waals surface area (Å²) < 4.78 is 0. The van der Waals surface area contributed by atoms with Crippen molar-refractivity contribution in [3.05, 3.63) is 35.4 Å². The molecule has 0 saturated carbocycles. The molecule has 1 aromatic carbocycles. The highest BCUT2D eigenvalue weighted by molar-refractivity contribution is 5.94. The lowest BCUT2D eigenvalue weighted by Crippen LogP contribution is -2.35. The first kappa shape index (κ1) is 12.7. The highest BCUT2D eigenvalue weighted by Crippen LogP contribution is 2.14. The first-order valence-corrected chi connectivity index (χ1v) is 5.64. The Balaban J connectivity index is 2.63. The third kappa shape index (κ3) is 3.66. The number of nitrogens with one attached hydrogen (secondary N) is 1. The van der Waals surface area contributed by atoms with Gasteiger partial charge in [0.25, 0.3) is 5.91 Å². The van der Waals surface area contributed by atoms with E-state index >= 15 is 0 Å². The van der Waals surface area contributed by atoms with Gasteiger partial charge in [-0.3, -0.25) is 4.79 Å². The molecule has 88 valence electrons. The van der Waals surface area contributed by atoms with Crippen molar-refractivity contribution in [2.75, 3.05) is 6.54 Å². The minimum absolute atomic E-state index is 0.0149. The molecule has 1 atom stereocenters. The van der Waals surface area contributed by atoms with Crippen molar-refractivity contribution < 1.29 is 4.79 Å². The Morgan fingerprint density at radius 3 is 2.25 bits per heavy atom. The molecule has 0 heterocycles. The molecule has 0 spiro atoms. The Bertz CT molecular complexity index is 341. The van der Waals surface area contributed by atoms with E-state index in [4.69, 9.17) is 5.73 Å². The largest absolute Gasteiger partial charge is 0.350 e. The van der Waals surface area contributed by atoms with Gasteiger partial charge in [-0.1, -0.05) is 26.0 Å². The van der Waals surface area contributed by atoms with Gasteiger partial charge in [0, 0.05) is 18.2 Å². The molecule has 0 aliphatic rings. The summed E-state index contributed by atoms with van der Waals surface area (Å²) in [6, 6.07) is 7.67. The lowest BCUT2D eigenvalue weighted by molar-refractivity contribution is 0.0951. The molecular formula is C13H20N2O. The first-order valence-electron chi connectivity index (χ1n) is 5.64. The molecule has 3 N–H and O–H groups in total. The van der Waals surface area contributed by atoms with Crippen LogP contribution < -0.4 is 11.1 Å². The van der Waals surface area contributed by atoms with E-state index in [9.17, 15) is 4.79 Å². The maximum absolute atomic E-state index is 11.7. The second kappa shape index (κ2) is 5.66. The summed E-state index contributed by atoms with van der Waals surface area (Å²) in [5.41, 5.74) is 7.49. The summed E-state index contributed by atoms with van der Waals surface area (Å²) in [6.45, 7) is 6.63. The topological polar surface area (TPSA) is 55.1 Å². The van der Waals surface area contributed by atoms with E-state index in [-0.39, 0.29) is 11.9 Å². The Kier molecular flexibility index (Phi) is 4.50. The van der Waals surface area contributed by atoms with E-state index in [0.717, 1.165) is 0 Å². The average Bonchev–Trinajstić information content (AvgIpc) is 2.26. The standard InChI is InChI=1S/C13H20N2O/c1-9(2)11-4-6-12(7-5-11)13(16)15-8-10(3)14/h4-7,9-10H,8,14H2,1-3H3,(H,15,16). The predicted molar refractivity (Wildman–Crippen MR) is 66.5 cm³/mol. The fourth-order valence-corrected chi connectivity index (χ4v) is 1.38. The van der Waals surface area contributed by atoms with Crippen LogP contribution in [0.5, 0.6) is 0 Å². The van der Waals surface area contributed by atoms with Crippen molar-refractivity contribution in [1.82, 2.24) is 5.32 Å². The highest BCUT2D eigenvalue weighted by Gasteiger charge is 2.06. The van der Waals surface area contributed by atoms with Gasteiger partial charge in [0.2, 0.25) is 0 Å². The van der Waals surface area contributed by atoms with E-state index in [0.29, 0.717) is 18.0 Å². The zero-order valence-corrected chi connectivity index (χ0v) is 10.2. The van der Waals surface area contributed by atoms with Crippen molar-refractivity contribution in [3.63, 3.8) is 0 Å². The summed E-state index contributed by atoms with van der Waals surface area (Å²) in [5, 5.41) is 2.78. The van der Waals surface area contributed by atoms with Crippen LogP contribution in [-0.4, -0.2) is 18.5 Å². The monoisotopic (exact) mass is 220 g/mol. The van der Waals surface area contributed by atoms with Crippen LogP contribution in [-0.2, 0) is 0 Å². The highest BCUT2D eigenvalue weighted by atomic mass is 16.1. The van der Waals surface area contributed by atoms with Crippen LogP contribution in [0.2, 0.25) is 0 Å². The van der Waals surface area contributed by atoms with Gasteiger partial charge in [-0.2, -0.15) is 0 Å². The fourth-order valence-electron chi connectivity index (χ4n) is 1.38. The molecule has 3 nitrogen and oxygen atoms in total. The van der Waals surface area contributed by atoms with Crippen molar-refractivity contribution in [3.8, 4) is 0 Å². The maximum Gasteiger partial charge on any atom is 0.251 e. The molecule has 1 aromatic rings. The minimum atomic E-state index is -0.0624. The van der Waals surface area contributed by atoms with Crippen molar-refractivity contribution in [2.45, 2.75) is 32.7 Å². The summed E-state index contributed by atoms with van der Waals surface area (Å²) in [7, 11) is 0. The molecule has 3 heteroatoms. The normalized spacial score (nSPS) is 12.6. The molecule has 1 amide bonds. The van der Waals surface area contributed by atoms with E-state index in [2.05, 4.69) is 19.2 Å². The molecule has 0 saturated heterocycles. The molecule has 1 unspecified atom stereocenters. The molecule has 0 bridgehead atoms. The van der Waals surface area contributed by atoms with E-state index in [1.54, 1.807) is 0 Å². The number of rotatable bonds is 4. The van der Waals surface area contributed by atoms with E-state index in [1.165, 1.54) is 5.56 Å². The second-order valence-electron chi connectivity index (χ2n) is 4.46. The second-order valence-corrected chi connectivity index (χ2v) is 4.46. The molecular weight excluding hydrogens is 200 g/mol. The smallest absolute Gasteiger partial charge is 0.251 e. The molecule has 0 aliphatic carbocycles. The van der Waals surface area contributed by atoms with Gasteiger partial charge in [0.05, 0.1) is 0 Å². The number of nitrogens with two attached hydrogens (primary N) is 1. The summed E-state index contributed by atoms with van der Waals surface area (Å²) in [5.74, 6) is 0.425. The molecule has 16 heavy (non-hydrogen) atoms. The van der Waals surface area contributed by atoms with E-state index < -0.39 is 0 Å². The fraction of sp³-hybridized carbons (Fsp3) is 0.462. The molecule has 0 radical (unpaired) electrons. The molecule has 0 fully saturated rings. The Morgan fingerprint density at radius 2 is 1.81 bits per heavy atom. The lowest BCUT2D eigenvalue weighted by Gasteiger charge is -2.09. The quantitative estimate of drug-likeness (QED) is 0.814. The average molecular weight is 220 g/mol. The van der Waals surface area contributed by atoms with Crippen molar-refractivity contribution in [2.24, 2.45) is 5.73 Å². The van der Waals surface area contributed by atoms with Crippen molar-refractivity contribution in [1.29, 1.82) is 0 Å². The molecule has 1 rings (SSSR count). The zero-order chi connectivity index (χ0) is 12.1. The summed E-state index contributed by atoms with van der Waals surface area (Å²) in [6.07, 6.45) is 0. The maximum atomic E-state index is 11.7. The van der Waals surface area contributed by atoms with Gasteiger partial charge in [0.1, 0.15) is 0 Å². The third-order valence-electron chi connectivity index (χ3n) is 2.42. The van der Waals surface area contributed by atoms with Crippen LogP contribution in [0.3, 0.4) is 0 Å².